The van der Waals surface area contributed by atoms with Gasteiger partial charge in [0.25, 0.3) is 0 Å². The first kappa shape index (κ1) is 12.3. The minimum absolute atomic E-state index is 0.166. The summed E-state index contributed by atoms with van der Waals surface area (Å²) in [7, 11) is 1.79. The molecule has 0 aliphatic heterocycles. The molecule has 0 bridgehead atoms. The summed E-state index contributed by atoms with van der Waals surface area (Å²) in [6.45, 7) is 0.275. The van der Waals surface area contributed by atoms with Crippen LogP contribution in [0.15, 0.2) is 45.9 Å². The molecular formula is C13H11FN4O2. The van der Waals surface area contributed by atoms with Crippen molar-refractivity contribution in [2.45, 2.75) is 6.54 Å². The fourth-order valence-electron chi connectivity index (χ4n) is 1.84. The second kappa shape index (κ2) is 4.76. The van der Waals surface area contributed by atoms with Crippen molar-refractivity contribution in [2.24, 2.45) is 7.05 Å². The quantitative estimate of drug-likeness (QED) is 0.724. The van der Waals surface area contributed by atoms with E-state index in [9.17, 15) is 9.18 Å². The predicted octanol–water partition coefficient (Wildman–Crippen LogP) is 1.42. The molecule has 0 saturated heterocycles. The standard InChI is InChI=1S/C13H11FN4O2/c1-17-7-9(6-15-17)8-18-13(19)20-12(16-18)10-2-4-11(14)5-3-10/h2-7H,8H2,1H3. The van der Waals surface area contributed by atoms with Gasteiger partial charge in [0.1, 0.15) is 5.82 Å². The van der Waals surface area contributed by atoms with Crippen molar-refractivity contribution in [1.29, 1.82) is 0 Å². The molecule has 0 spiro atoms. The largest absolute Gasteiger partial charge is 0.437 e. The smallest absolute Gasteiger partial charge is 0.388 e. The minimum Gasteiger partial charge on any atom is -0.388 e. The lowest BCUT2D eigenvalue weighted by molar-refractivity contribution is 0.495. The molecule has 102 valence electrons. The van der Waals surface area contributed by atoms with Crippen LogP contribution in [0.4, 0.5) is 4.39 Å². The molecule has 0 radical (unpaired) electrons. The Kier molecular flexibility index (Phi) is 2.94. The third kappa shape index (κ3) is 2.37. The highest BCUT2D eigenvalue weighted by Gasteiger charge is 2.11. The molecule has 0 saturated carbocycles. The van der Waals surface area contributed by atoms with Crippen LogP contribution in [0.1, 0.15) is 5.56 Å². The van der Waals surface area contributed by atoms with Gasteiger partial charge in [-0.25, -0.2) is 9.18 Å². The van der Waals surface area contributed by atoms with Gasteiger partial charge in [-0.2, -0.15) is 9.78 Å². The molecule has 2 aromatic heterocycles. The molecule has 0 amide bonds. The first-order valence-electron chi connectivity index (χ1n) is 5.93. The third-order valence-corrected chi connectivity index (χ3v) is 2.79. The van der Waals surface area contributed by atoms with Gasteiger partial charge in [-0.05, 0) is 24.3 Å². The van der Waals surface area contributed by atoms with Crippen LogP contribution in [-0.4, -0.2) is 19.6 Å². The van der Waals surface area contributed by atoms with E-state index in [0.717, 1.165) is 5.56 Å². The lowest BCUT2D eigenvalue weighted by atomic mass is 10.2. The van der Waals surface area contributed by atoms with E-state index >= 15 is 0 Å². The lowest BCUT2D eigenvalue weighted by Gasteiger charge is -1.94. The average Bonchev–Trinajstić information content (AvgIpc) is 2.98. The maximum Gasteiger partial charge on any atom is 0.437 e. The zero-order valence-electron chi connectivity index (χ0n) is 10.7. The maximum absolute atomic E-state index is 12.8. The number of aryl methyl sites for hydroxylation is 1. The summed E-state index contributed by atoms with van der Waals surface area (Å²) in [5, 5.41) is 8.11. The zero-order chi connectivity index (χ0) is 14.1. The van der Waals surface area contributed by atoms with E-state index in [1.807, 2.05) is 0 Å². The van der Waals surface area contributed by atoms with Crippen LogP contribution in [0.3, 0.4) is 0 Å². The van der Waals surface area contributed by atoms with Crippen LogP contribution in [0.25, 0.3) is 11.5 Å². The Hall–Kier alpha value is -2.70. The van der Waals surface area contributed by atoms with Crippen molar-refractivity contribution in [3.8, 4) is 11.5 Å². The summed E-state index contributed by atoms with van der Waals surface area (Å²) in [5.41, 5.74) is 1.39. The van der Waals surface area contributed by atoms with Crippen molar-refractivity contribution in [1.82, 2.24) is 19.6 Å². The molecule has 0 N–H and O–H groups in total. The highest BCUT2D eigenvalue weighted by molar-refractivity contribution is 5.51. The molecule has 0 atom stereocenters. The highest BCUT2D eigenvalue weighted by Crippen LogP contribution is 2.15. The van der Waals surface area contributed by atoms with Gasteiger partial charge in [-0.15, -0.1) is 5.10 Å². The Morgan fingerprint density at radius 1 is 1.30 bits per heavy atom. The predicted molar refractivity (Wildman–Crippen MR) is 68.5 cm³/mol. The van der Waals surface area contributed by atoms with Crippen molar-refractivity contribution < 1.29 is 8.81 Å². The molecule has 3 rings (SSSR count). The van der Waals surface area contributed by atoms with Crippen molar-refractivity contribution >= 4 is 0 Å². The Balaban J connectivity index is 1.91. The summed E-state index contributed by atoms with van der Waals surface area (Å²) in [6.07, 6.45) is 3.44. The SMILES string of the molecule is Cn1cc(Cn2nc(-c3ccc(F)cc3)oc2=O)cn1. The molecular weight excluding hydrogens is 263 g/mol. The van der Waals surface area contributed by atoms with Gasteiger partial charge >= 0.3 is 5.76 Å². The molecule has 0 unspecified atom stereocenters. The normalized spacial score (nSPS) is 10.9. The second-order valence-corrected chi connectivity index (χ2v) is 4.36. The van der Waals surface area contributed by atoms with Crippen molar-refractivity contribution in [3.05, 3.63) is 58.6 Å². The molecule has 6 nitrogen and oxygen atoms in total. The van der Waals surface area contributed by atoms with Gasteiger partial charge in [0.15, 0.2) is 0 Å². The number of halogens is 1. The minimum atomic E-state index is -0.562. The van der Waals surface area contributed by atoms with Gasteiger partial charge in [0, 0.05) is 24.4 Å². The van der Waals surface area contributed by atoms with Crippen LogP contribution >= 0.6 is 0 Å². The summed E-state index contributed by atoms with van der Waals surface area (Å²) >= 11 is 0. The highest BCUT2D eigenvalue weighted by atomic mass is 19.1. The van der Waals surface area contributed by atoms with Crippen molar-refractivity contribution in [2.75, 3.05) is 0 Å². The van der Waals surface area contributed by atoms with E-state index < -0.39 is 5.76 Å². The average molecular weight is 274 g/mol. The third-order valence-electron chi connectivity index (χ3n) is 2.79. The van der Waals surface area contributed by atoms with E-state index in [4.69, 9.17) is 4.42 Å². The van der Waals surface area contributed by atoms with Crippen LogP contribution < -0.4 is 5.76 Å². The van der Waals surface area contributed by atoms with Gasteiger partial charge < -0.3 is 4.42 Å². The first-order chi connectivity index (χ1) is 9.61. The fourth-order valence-corrected chi connectivity index (χ4v) is 1.84. The Morgan fingerprint density at radius 3 is 2.70 bits per heavy atom. The molecule has 2 heterocycles. The van der Waals surface area contributed by atoms with E-state index in [1.54, 1.807) is 24.1 Å². The molecule has 0 aliphatic rings. The van der Waals surface area contributed by atoms with Gasteiger partial charge in [-0.3, -0.25) is 4.68 Å². The molecule has 20 heavy (non-hydrogen) atoms. The van der Waals surface area contributed by atoms with Crippen LogP contribution in [-0.2, 0) is 13.6 Å². The van der Waals surface area contributed by atoms with Gasteiger partial charge in [-0.1, -0.05) is 0 Å². The lowest BCUT2D eigenvalue weighted by Crippen LogP contribution is -2.16. The monoisotopic (exact) mass is 274 g/mol. The molecule has 3 aromatic rings. The number of hydrogen-bond acceptors (Lipinski definition) is 4. The Bertz CT molecular complexity index is 785. The summed E-state index contributed by atoms with van der Waals surface area (Å²) in [4.78, 5) is 11.7. The van der Waals surface area contributed by atoms with E-state index in [2.05, 4.69) is 10.2 Å². The summed E-state index contributed by atoms with van der Waals surface area (Å²) in [5.74, 6) is -0.752. The van der Waals surface area contributed by atoms with Crippen LogP contribution in [0.2, 0.25) is 0 Å². The number of aromatic nitrogens is 4. The Labute approximate surface area is 113 Å². The van der Waals surface area contributed by atoms with E-state index in [1.165, 1.54) is 28.9 Å². The number of hydrogen-bond donors (Lipinski definition) is 0. The van der Waals surface area contributed by atoms with E-state index in [0.29, 0.717) is 5.56 Å². The van der Waals surface area contributed by atoms with E-state index in [-0.39, 0.29) is 18.3 Å². The van der Waals surface area contributed by atoms with Crippen molar-refractivity contribution in [3.63, 3.8) is 0 Å². The number of rotatable bonds is 3. The topological polar surface area (TPSA) is 65.8 Å². The molecule has 7 heteroatoms. The maximum atomic E-state index is 12.8. The molecule has 0 aliphatic carbocycles. The van der Waals surface area contributed by atoms with Gasteiger partial charge in [0.2, 0.25) is 5.89 Å². The summed E-state index contributed by atoms with van der Waals surface area (Å²) < 4.78 is 20.8. The first-order valence-corrected chi connectivity index (χ1v) is 5.93. The van der Waals surface area contributed by atoms with Crippen LogP contribution in [0.5, 0.6) is 0 Å². The Morgan fingerprint density at radius 2 is 2.05 bits per heavy atom. The number of nitrogens with zero attached hydrogens (tertiary/aromatic N) is 4. The second-order valence-electron chi connectivity index (χ2n) is 4.36. The zero-order valence-corrected chi connectivity index (χ0v) is 10.7. The van der Waals surface area contributed by atoms with Gasteiger partial charge in [0.05, 0.1) is 12.7 Å². The molecule has 1 aromatic carbocycles. The fraction of sp³-hybridized carbons (Fsp3) is 0.154. The summed E-state index contributed by atoms with van der Waals surface area (Å²) in [6, 6.07) is 5.59. The molecule has 0 fully saturated rings. The number of benzene rings is 1. The van der Waals surface area contributed by atoms with Crippen LogP contribution in [0, 0.1) is 5.82 Å².